The van der Waals surface area contributed by atoms with Crippen molar-refractivity contribution in [2.75, 3.05) is 0 Å². The van der Waals surface area contributed by atoms with E-state index in [4.69, 9.17) is 5.73 Å². The molecule has 100 valence electrons. The number of rotatable bonds is 3. The average molecular weight is 324 g/mol. The van der Waals surface area contributed by atoms with Crippen LogP contribution in [0.15, 0.2) is 28.7 Å². The fourth-order valence-corrected chi connectivity index (χ4v) is 2.40. The molecule has 0 aliphatic rings. The maximum atomic E-state index is 13.2. The summed E-state index contributed by atoms with van der Waals surface area (Å²) in [5.74, 6) is -0.269. The third-order valence-electron chi connectivity index (χ3n) is 2.98. The Hall–Kier alpha value is -1.33. The van der Waals surface area contributed by atoms with Gasteiger partial charge in [0, 0.05) is 6.04 Å². The molecule has 0 amide bonds. The van der Waals surface area contributed by atoms with Gasteiger partial charge in [0.1, 0.15) is 5.82 Å². The van der Waals surface area contributed by atoms with E-state index >= 15 is 0 Å². The van der Waals surface area contributed by atoms with Gasteiger partial charge in [-0.3, -0.25) is 0 Å². The van der Waals surface area contributed by atoms with Crippen molar-refractivity contribution < 1.29 is 4.39 Å². The Kier molecular flexibility index (Phi) is 4.27. The number of nitrogens with two attached hydrogens (primary N) is 1. The molecule has 19 heavy (non-hydrogen) atoms. The predicted octanol–water partition coefficient (Wildman–Crippen LogP) is 3.24. The molecule has 0 saturated heterocycles. The quantitative estimate of drug-likeness (QED) is 0.943. The zero-order valence-electron chi connectivity index (χ0n) is 10.8. The summed E-state index contributed by atoms with van der Waals surface area (Å²) in [7, 11) is 0. The van der Waals surface area contributed by atoms with E-state index in [0.29, 0.717) is 10.9 Å². The summed E-state index contributed by atoms with van der Waals surface area (Å²) in [4.78, 5) is 0. The molecule has 1 unspecified atom stereocenters. The van der Waals surface area contributed by atoms with Crippen LogP contribution < -0.4 is 5.73 Å². The summed E-state index contributed by atoms with van der Waals surface area (Å²) in [5, 5.41) is 8.07. The van der Waals surface area contributed by atoms with Crippen molar-refractivity contribution in [2.24, 2.45) is 5.73 Å². The minimum atomic E-state index is -0.269. The monoisotopic (exact) mass is 323 g/mol. The van der Waals surface area contributed by atoms with Gasteiger partial charge in [-0.15, -0.1) is 0 Å². The minimum Gasteiger partial charge on any atom is -0.324 e. The fourth-order valence-electron chi connectivity index (χ4n) is 1.98. The van der Waals surface area contributed by atoms with Crippen molar-refractivity contribution in [3.8, 4) is 0 Å². The molecule has 1 heterocycles. The molecule has 2 aromatic rings. The number of hydrogen-bond acceptors (Lipinski definition) is 3. The first-order valence-electron chi connectivity index (χ1n) is 5.97. The van der Waals surface area contributed by atoms with E-state index in [1.165, 1.54) is 6.07 Å². The molecule has 0 fully saturated rings. The van der Waals surface area contributed by atoms with Crippen LogP contribution in [-0.4, -0.2) is 10.2 Å². The van der Waals surface area contributed by atoms with Crippen molar-refractivity contribution in [1.82, 2.24) is 10.2 Å². The number of benzene rings is 1. The number of halogens is 2. The van der Waals surface area contributed by atoms with Crippen molar-refractivity contribution in [3.05, 3.63) is 57.1 Å². The number of aromatic nitrogens is 2. The van der Waals surface area contributed by atoms with Crippen LogP contribution in [0.25, 0.3) is 0 Å². The van der Waals surface area contributed by atoms with E-state index in [-0.39, 0.29) is 11.9 Å². The average Bonchev–Trinajstić information content (AvgIpc) is 2.36. The van der Waals surface area contributed by atoms with Crippen molar-refractivity contribution in [3.63, 3.8) is 0 Å². The van der Waals surface area contributed by atoms with E-state index in [2.05, 4.69) is 26.1 Å². The lowest BCUT2D eigenvalue weighted by Crippen LogP contribution is -2.16. The lowest BCUT2D eigenvalue weighted by Gasteiger charge is -2.14. The maximum absolute atomic E-state index is 13.2. The van der Waals surface area contributed by atoms with Gasteiger partial charge in [0.2, 0.25) is 0 Å². The van der Waals surface area contributed by atoms with Crippen molar-refractivity contribution >= 4 is 15.9 Å². The lowest BCUT2D eigenvalue weighted by molar-refractivity contribution is 0.618. The fraction of sp³-hybridized carbons (Fsp3) is 0.286. The predicted molar refractivity (Wildman–Crippen MR) is 76.2 cm³/mol. The summed E-state index contributed by atoms with van der Waals surface area (Å²) in [6.45, 7) is 3.78. The molecule has 0 spiro atoms. The van der Waals surface area contributed by atoms with Crippen LogP contribution in [0.1, 0.15) is 28.6 Å². The van der Waals surface area contributed by atoms with E-state index in [0.717, 1.165) is 22.5 Å². The molecule has 1 aromatic carbocycles. The van der Waals surface area contributed by atoms with E-state index in [9.17, 15) is 4.39 Å². The van der Waals surface area contributed by atoms with Gasteiger partial charge < -0.3 is 5.73 Å². The number of aryl methyl sites for hydroxylation is 2. The number of nitrogens with zero attached hydrogens (tertiary/aromatic N) is 2. The zero-order valence-corrected chi connectivity index (χ0v) is 12.4. The Bertz CT molecular complexity index is 601. The highest BCUT2D eigenvalue weighted by Gasteiger charge is 2.12. The van der Waals surface area contributed by atoms with Gasteiger partial charge >= 0.3 is 0 Å². The molecule has 0 aliphatic heterocycles. The largest absolute Gasteiger partial charge is 0.324 e. The topological polar surface area (TPSA) is 51.8 Å². The van der Waals surface area contributed by atoms with E-state index < -0.39 is 0 Å². The van der Waals surface area contributed by atoms with E-state index in [1.807, 2.05) is 19.9 Å². The molecule has 1 atom stereocenters. The first-order valence-corrected chi connectivity index (χ1v) is 6.77. The van der Waals surface area contributed by atoms with Crippen LogP contribution in [-0.2, 0) is 6.42 Å². The van der Waals surface area contributed by atoms with Gasteiger partial charge in [-0.2, -0.15) is 10.2 Å². The summed E-state index contributed by atoms with van der Waals surface area (Å²) in [5.41, 5.74) is 9.85. The van der Waals surface area contributed by atoms with Crippen LogP contribution in [0.4, 0.5) is 4.39 Å². The molecular weight excluding hydrogens is 309 g/mol. The second-order valence-corrected chi connectivity index (χ2v) is 5.44. The molecule has 2 rings (SSSR count). The molecular formula is C14H15BrFN3. The summed E-state index contributed by atoms with van der Waals surface area (Å²) in [6.07, 6.45) is 0.630. The maximum Gasteiger partial charge on any atom is 0.137 e. The van der Waals surface area contributed by atoms with Gasteiger partial charge in [-0.25, -0.2) is 4.39 Å². The molecule has 5 heteroatoms. The molecule has 0 bridgehead atoms. The van der Waals surface area contributed by atoms with Crippen LogP contribution >= 0.6 is 15.9 Å². The standard InChI is InChI=1S/C14H15BrFN3/c1-8-5-11(9(2)19-18-8)14(17)7-10-3-4-13(16)12(15)6-10/h3-6,14H,7,17H2,1-2H3. The second kappa shape index (κ2) is 5.75. The van der Waals surface area contributed by atoms with Gasteiger partial charge in [-0.1, -0.05) is 6.07 Å². The molecule has 0 aliphatic carbocycles. The normalized spacial score (nSPS) is 12.5. The second-order valence-electron chi connectivity index (χ2n) is 4.59. The van der Waals surface area contributed by atoms with Crippen LogP contribution in [0.3, 0.4) is 0 Å². The smallest absolute Gasteiger partial charge is 0.137 e. The SMILES string of the molecule is Cc1cc(C(N)Cc2ccc(F)c(Br)c2)c(C)nn1. The first-order chi connectivity index (χ1) is 8.97. The van der Waals surface area contributed by atoms with Crippen molar-refractivity contribution in [1.29, 1.82) is 0 Å². The Balaban J connectivity index is 2.22. The first kappa shape index (κ1) is 14.1. The number of hydrogen-bond donors (Lipinski definition) is 1. The Morgan fingerprint density at radius 1 is 1.26 bits per heavy atom. The minimum absolute atomic E-state index is 0.174. The molecule has 1 aromatic heterocycles. The van der Waals surface area contributed by atoms with Gasteiger partial charge in [0.25, 0.3) is 0 Å². The van der Waals surface area contributed by atoms with Crippen LogP contribution in [0.5, 0.6) is 0 Å². The van der Waals surface area contributed by atoms with Gasteiger partial charge in [-0.05, 0) is 65.5 Å². The summed E-state index contributed by atoms with van der Waals surface area (Å²) in [6, 6.07) is 6.72. The summed E-state index contributed by atoms with van der Waals surface area (Å²) < 4.78 is 13.6. The Morgan fingerprint density at radius 3 is 2.68 bits per heavy atom. The third kappa shape index (κ3) is 3.36. The van der Waals surface area contributed by atoms with Gasteiger partial charge in [0.05, 0.1) is 15.9 Å². The van der Waals surface area contributed by atoms with Crippen LogP contribution in [0.2, 0.25) is 0 Å². The highest BCUT2D eigenvalue weighted by atomic mass is 79.9. The molecule has 2 N–H and O–H groups in total. The molecule has 3 nitrogen and oxygen atoms in total. The van der Waals surface area contributed by atoms with Crippen molar-refractivity contribution in [2.45, 2.75) is 26.3 Å². The highest BCUT2D eigenvalue weighted by Crippen LogP contribution is 2.22. The molecule has 0 saturated carbocycles. The highest BCUT2D eigenvalue weighted by molar-refractivity contribution is 9.10. The van der Waals surface area contributed by atoms with E-state index in [1.54, 1.807) is 12.1 Å². The Labute approximate surface area is 120 Å². The Morgan fingerprint density at radius 2 is 2.00 bits per heavy atom. The summed E-state index contributed by atoms with van der Waals surface area (Å²) >= 11 is 3.18. The van der Waals surface area contributed by atoms with Gasteiger partial charge in [0.15, 0.2) is 0 Å². The lowest BCUT2D eigenvalue weighted by atomic mass is 9.98. The molecule has 0 radical (unpaired) electrons. The zero-order chi connectivity index (χ0) is 14.0. The third-order valence-corrected chi connectivity index (χ3v) is 3.59. The van der Waals surface area contributed by atoms with Crippen LogP contribution in [0, 0.1) is 19.7 Å².